The molecule has 2 aromatic rings. The molecule has 0 bridgehead atoms. The standard InChI is InChI=1S/C15H15FO4/c1-9(7-15(17)18)13-5-6-14(20-13)11-4-3-10(19-2)8-12(11)16/h3-6,8-9H,7H2,1-2H3,(H,17,18). The molecule has 0 spiro atoms. The highest BCUT2D eigenvalue weighted by Gasteiger charge is 2.16. The van der Waals surface area contributed by atoms with Gasteiger partial charge in [0, 0.05) is 12.0 Å². The minimum atomic E-state index is -0.897. The third-order valence-corrected chi connectivity index (χ3v) is 3.04. The van der Waals surface area contributed by atoms with Crippen molar-refractivity contribution in [2.75, 3.05) is 7.11 Å². The van der Waals surface area contributed by atoms with Crippen molar-refractivity contribution in [1.82, 2.24) is 0 Å². The molecule has 5 heteroatoms. The van der Waals surface area contributed by atoms with Crippen LogP contribution in [0.15, 0.2) is 34.7 Å². The zero-order valence-corrected chi connectivity index (χ0v) is 11.2. The Labute approximate surface area is 115 Å². The third-order valence-electron chi connectivity index (χ3n) is 3.04. The van der Waals surface area contributed by atoms with Gasteiger partial charge < -0.3 is 14.3 Å². The minimum Gasteiger partial charge on any atom is -0.497 e. The first-order valence-electron chi connectivity index (χ1n) is 6.16. The van der Waals surface area contributed by atoms with E-state index in [1.54, 1.807) is 31.2 Å². The van der Waals surface area contributed by atoms with E-state index in [2.05, 4.69) is 0 Å². The first-order valence-corrected chi connectivity index (χ1v) is 6.16. The normalized spacial score (nSPS) is 12.2. The number of hydrogen-bond acceptors (Lipinski definition) is 3. The Morgan fingerprint density at radius 3 is 2.75 bits per heavy atom. The van der Waals surface area contributed by atoms with Crippen LogP contribution in [0, 0.1) is 5.82 Å². The van der Waals surface area contributed by atoms with Gasteiger partial charge in [-0.25, -0.2) is 4.39 Å². The van der Waals surface area contributed by atoms with Crippen molar-refractivity contribution >= 4 is 5.97 Å². The van der Waals surface area contributed by atoms with E-state index in [0.717, 1.165) is 0 Å². The summed E-state index contributed by atoms with van der Waals surface area (Å²) in [6.07, 6.45) is -0.0297. The van der Waals surface area contributed by atoms with Crippen molar-refractivity contribution in [3.8, 4) is 17.1 Å². The van der Waals surface area contributed by atoms with Gasteiger partial charge in [0.25, 0.3) is 0 Å². The number of rotatable bonds is 5. The Morgan fingerprint density at radius 1 is 1.40 bits per heavy atom. The van der Waals surface area contributed by atoms with E-state index < -0.39 is 11.8 Å². The van der Waals surface area contributed by atoms with E-state index in [1.807, 2.05) is 0 Å². The van der Waals surface area contributed by atoms with Gasteiger partial charge in [0.05, 0.1) is 19.1 Å². The summed E-state index contributed by atoms with van der Waals surface area (Å²) in [5.74, 6) is -0.281. The van der Waals surface area contributed by atoms with E-state index in [0.29, 0.717) is 22.8 Å². The third kappa shape index (κ3) is 2.99. The molecule has 0 aliphatic rings. The van der Waals surface area contributed by atoms with Crippen LogP contribution in [-0.2, 0) is 4.79 Å². The maximum absolute atomic E-state index is 13.9. The van der Waals surface area contributed by atoms with Crippen LogP contribution in [0.2, 0.25) is 0 Å². The van der Waals surface area contributed by atoms with E-state index in [4.69, 9.17) is 14.3 Å². The Hall–Kier alpha value is -2.30. The number of hydrogen-bond donors (Lipinski definition) is 1. The maximum Gasteiger partial charge on any atom is 0.304 e. The van der Waals surface area contributed by atoms with Crippen molar-refractivity contribution in [3.05, 3.63) is 41.9 Å². The van der Waals surface area contributed by atoms with Crippen molar-refractivity contribution in [2.24, 2.45) is 0 Å². The van der Waals surface area contributed by atoms with Gasteiger partial charge in [-0.2, -0.15) is 0 Å². The highest BCUT2D eigenvalue weighted by molar-refractivity contribution is 5.68. The second-order valence-corrected chi connectivity index (χ2v) is 4.55. The number of carbonyl (C=O) groups is 1. The highest BCUT2D eigenvalue weighted by Crippen LogP contribution is 2.30. The fourth-order valence-corrected chi connectivity index (χ4v) is 1.95. The lowest BCUT2D eigenvalue weighted by atomic mass is 10.1. The van der Waals surface area contributed by atoms with Crippen LogP contribution < -0.4 is 4.74 Å². The van der Waals surface area contributed by atoms with Gasteiger partial charge in [-0.15, -0.1) is 0 Å². The largest absolute Gasteiger partial charge is 0.497 e. The monoisotopic (exact) mass is 278 g/mol. The Morgan fingerprint density at radius 2 is 2.15 bits per heavy atom. The summed E-state index contributed by atoms with van der Waals surface area (Å²) in [4.78, 5) is 10.7. The molecular weight excluding hydrogens is 263 g/mol. The van der Waals surface area contributed by atoms with Crippen LogP contribution >= 0.6 is 0 Å². The number of benzene rings is 1. The van der Waals surface area contributed by atoms with Crippen LogP contribution in [0.5, 0.6) is 5.75 Å². The van der Waals surface area contributed by atoms with Crippen LogP contribution in [0.1, 0.15) is 25.0 Å². The summed E-state index contributed by atoms with van der Waals surface area (Å²) in [5, 5.41) is 8.76. The highest BCUT2D eigenvalue weighted by atomic mass is 19.1. The van der Waals surface area contributed by atoms with Crippen molar-refractivity contribution in [3.63, 3.8) is 0 Å². The van der Waals surface area contributed by atoms with E-state index in [1.165, 1.54) is 13.2 Å². The summed E-state index contributed by atoms with van der Waals surface area (Å²) in [6.45, 7) is 1.75. The molecule has 2 rings (SSSR count). The van der Waals surface area contributed by atoms with E-state index >= 15 is 0 Å². The lowest BCUT2D eigenvalue weighted by Crippen LogP contribution is -2.01. The number of halogens is 1. The van der Waals surface area contributed by atoms with Crippen molar-refractivity contribution in [1.29, 1.82) is 0 Å². The van der Waals surface area contributed by atoms with Gasteiger partial charge in [0.1, 0.15) is 23.1 Å². The second kappa shape index (κ2) is 5.77. The molecule has 106 valence electrons. The Balaban J connectivity index is 2.26. The molecule has 0 aliphatic carbocycles. The Bertz CT molecular complexity index is 618. The average molecular weight is 278 g/mol. The number of carboxylic acid groups (broad SMARTS) is 1. The molecule has 1 unspecified atom stereocenters. The van der Waals surface area contributed by atoms with Gasteiger partial charge in [-0.05, 0) is 24.3 Å². The van der Waals surface area contributed by atoms with Gasteiger partial charge in [0.15, 0.2) is 0 Å². The number of furan rings is 1. The smallest absolute Gasteiger partial charge is 0.304 e. The molecule has 1 N–H and O–H groups in total. The number of carboxylic acids is 1. The second-order valence-electron chi connectivity index (χ2n) is 4.55. The zero-order valence-electron chi connectivity index (χ0n) is 11.2. The summed E-state index contributed by atoms with van der Waals surface area (Å²) >= 11 is 0. The fourth-order valence-electron chi connectivity index (χ4n) is 1.95. The first kappa shape index (κ1) is 14.1. The Kier molecular flexibility index (Phi) is 4.08. The molecule has 0 saturated carbocycles. The number of aliphatic carboxylic acids is 1. The summed E-state index contributed by atoms with van der Waals surface area (Å²) in [5.41, 5.74) is 0.319. The fraction of sp³-hybridized carbons (Fsp3) is 0.267. The van der Waals surface area contributed by atoms with Gasteiger partial charge >= 0.3 is 5.97 Å². The SMILES string of the molecule is COc1ccc(-c2ccc(C(C)CC(=O)O)o2)c(F)c1. The predicted octanol–water partition coefficient (Wildman–Crippen LogP) is 3.67. The van der Waals surface area contributed by atoms with Crippen LogP contribution in [0.3, 0.4) is 0 Å². The quantitative estimate of drug-likeness (QED) is 0.906. The maximum atomic E-state index is 13.9. The molecule has 1 heterocycles. The molecule has 1 aromatic carbocycles. The summed E-state index contributed by atoms with van der Waals surface area (Å²) in [7, 11) is 1.47. The molecule has 4 nitrogen and oxygen atoms in total. The van der Waals surface area contributed by atoms with Crippen molar-refractivity contribution in [2.45, 2.75) is 19.3 Å². The molecule has 1 atom stereocenters. The number of ether oxygens (including phenoxy) is 1. The number of methoxy groups -OCH3 is 1. The lowest BCUT2D eigenvalue weighted by Gasteiger charge is -2.05. The van der Waals surface area contributed by atoms with Gasteiger partial charge in [0.2, 0.25) is 0 Å². The molecule has 0 saturated heterocycles. The van der Waals surface area contributed by atoms with Crippen molar-refractivity contribution < 1.29 is 23.4 Å². The van der Waals surface area contributed by atoms with E-state index in [9.17, 15) is 9.18 Å². The van der Waals surface area contributed by atoms with Crippen LogP contribution in [-0.4, -0.2) is 18.2 Å². The lowest BCUT2D eigenvalue weighted by molar-refractivity contribution is -0.137. The summed E-state index contributed by atoms with van der Waals surface area (Å²) in [6, 6.07) is 7.79. The molecule has 1 aromatic heterocycles. The summed E-state index contributed by atoms with van der Waals surface area (Å²) < 4.78 is 24.4. The first-order chi connectivity index (χ1) is 9.51. The average Bonchev–Trinajstić information content (AvgIpc) is 2.87. The zero-order chi connectivity index (χ0) is 14.7. The molecule has 0 aliphatic heterocycles. The van der Waals surface area contributed by atoms with Gasteiger partial charge in [-0.1, -0.05) is 6.92 Å². The van der Waals surface area contributed by atoms with Crippen LogP contribution in [0.25, 0.3) is 11.3 Å². The topological polar surface area (TPSA) is 59.7 Å². The molecular formula is C15H15FO4. The van der Waals surface area contributed by atoms with E-state index in [-0.39, 0.29) is 12.3 Å². The molecule has 0 amide bonds. The van der Waals surface area contributed by atoms with Gasteiger partial charge in [-0.3, -0.25) is 4.79 Å². The predicted molar refractivity (Wildman–Crippen MR) is 71.3 cm³/mol. The minimum absolute atomic E-state index is 0.0297. The molecule has 20 heavy (non-hydrogen) atoms. The van der Waals surface area contributed by atoms with Crippen LogP contribution in [0.4, 0.5) is 4.39 Å². The molecule has 0 fully saturated rings. The molecule has 0 radical (unpaired) electrons.